The van der Waals surface area contributed by atoms with Crippen LogP contribution in [0.25, 0.3) is 0 Å². The molecule has 1 aromatic carbocycles. The van der Waals surface area contributed by atoms with Gasteiger partial charge in [0.25, 0.3) is 5.91 Å². The van der Waals surface area contributed by atoms with Crippen molar-refractivity contribution in [2.45, 2.75) is 44.9 Å². The molecule has 2 aliphatic carbocycles. The molecule has 2 amide bonds. The van der Waals surface area contributed by atoms with Crippen molar-refractivity contribution in [3.05, 3.63) is 40.3 Å². The number of nitrogens with one attached hydrogen (secondary N) is 2. The van der Waals surface area contributed by atoms with E-state index in [-0.39, 0.29) is 11.8 Å². The number of thiophene rings is 1. The van der Waals surface area contributed by atoms with Crippen molar-refractivity contribution in [3.8, 4) is 5.75 Å². The molecule has 1 heterocycles. The summed E-state index contributed by atoms with van der Waals surface area (Å²) < 4.78 is 5.33. The van der Waals surface area contributed by atoms with E-state index in [2.05, 4.69) is 10.6 Å². The Kier molecular flexibility index (Phi) is 6.27. The Bertz CT molecular complexity index is 1020. The average molecular weight is 443 g/mol. The summed E-state index contributed by atoms with van der Waals surface area (Å²) in [7, 11) is 1.54. The van der Waals surface area contributed by atoms with Crippen LogP contribution >= 0.6 is 11.3 Å². The highest BCUT2D eigenvalue weighted by Crippen LogP contribution is 2.41. The molecule has 3 N–H and O–H groups in total. The minimum Gasteiger partial charge on any atom is -0.495 e. The predicted molar refractivity (Wildman–Crippen MR) is 119 cm³/mol. The van der Waals surface area contributed by atoms with Crippen LogP contribution in [0.3, 0.4) is 0 Å². The third-order valence-corrected chi connectivity index (χ3v) is 7.37. The number of rotatable bonds is 6. The van der Waals surface area contributed by atoms with Gasteiger partial charge < -0.3 is 20.5 Å². The number of aryl methyl sites for hydroxylation is 1. The molecular formula is C23H26N2O5S. The zero-order valence-corrected chi connectivity index (χ0v) is 18.2. The number of fused-ring (bicyclic) bond motifs is 1. The molecule has 0 aliphatic heterocycles. The lowest BCUT2D eigenvalue weighted by Gasteiger charge is -2.27. The number of amides is 2. The number of anilines is 2. The number of carboxylic acids is 1. The Labute approximate surface area is 184 Å². The van der Waals surface area contributed by atoms with Gasteiger partial charge in [-0.3, -0.25) is 14.4 Å². The highest BCUT2D eigenvalue weighted by atomic mass is 32.1. The van der Waals surface area contributed by atoms with E-state index in [0.29, 0.717) is 34.8 Å². The van der Waals surface area contributed by atoms with Gasteiger partial charge in [-0.1, -0.05) is 25.0 Å². The number of para-hydroxylation sites is 2. The highest BCUT2D eigenvalue weighted by Gasteiger charge is 2.37. The second-order valence-corrected chi connectivity index (χ2v) is 9.15. The highest BCUT2D eigenvalue weighted by molar-refractivity contribution is 7.17. The minimum atomic E-state index is -0.928. The summed E-state index contributed by atoms with van der Waals surface area (Å²) in [6.45, 7) is 0. The van der Waals surface area contributed by atoms with Gasteiger partial charge in [-0.05, 0) is 49.8 Å². The number of hydrogen-bond donors (Lipinski definition) is 3. The fourth-order valence-electron chi connectivity index (χ4n) is 4.61. The zero-order chi connectivity index (χ0) is 22.0. The van der Waals surface area contributed by atoms with E-state index >= 15 is 0 Å². The SMILES string of the molecule is COc1ccccc1NC(=O)c1c(NC(=O)C2CCCCC2C(=O)O)sc2c1CCC2. The molecule has 4 rings (SSSR count). The van der Waals surface area contributed by atoms with Gasteiger partial charge in [0.05, 0.1) is 30.2 Å². The molecular weight excluding hydrogens is 416 g/mol. The smallest absolute Gasteiger partial charge is 0.307 e. The number of carbonyl (C=O) groups is 3. The third kappa shape index (κ3) is 4.30. The summed E-state index contributed by atoms with van der Waals surface area (Å²) in [5.41, 5.74) is 2.02. The summed E-state index contributed by atoms with van der Waals surface area (Å²) in [4.78, 5) is 39.0. The van der Waals surface area contributed by atoms with Crippen molar-refractivity contribution in [3.63, 3.8) is 0 Å². The molecule has 1 fully saturated rings. The van der Waals surface area contributed by atoms with Crippen molar-refractivity contribution in [2.24, 2.45) is 11.8 Å². The van der Waals surface area contributed by atoms with E-state index in [4.69, 9.17) is 4.74 Å². The largest absolute Gasteiger partial charge is 0.495 e. The maximum Gasteiger partial charge on any atom is 0.307 e. The van der Waals surface area contributed by atoms with Crippen LogP contribution < -0.4 is 15.4 Å². The number of aliphatic carboxylic acids is 1. The molecule has 2 aromatic rings. The summed E-state index contributed by atoms with van der Waals surface area (Å²) in [6, 6.07) is 7.17. The third-order valence-electron chi connectivity index (χ3n) is 6.16. The Balaban J connectivity index is 1.60. The van der Waals surface area contributed by atoms with Crippen LogP contribution in [0.4, 0.5) is 10.7 Å². The van der Waals surface area contributed by atoms with E-state index in [1.807, 2.05) is 12.1 Å². The van der Waals surface area contributed by atoms with Crippen LogP contribution in [0.1, 0.15) is 52.9 Å². The van der Waals surface area contributed by atoms with Crippen molar-refractivity contribution >= 4 is 39.8 Å². The first kappa shape index (κ1) is 21.4. The number of carboxylic acid groups (broad SMARTS) is 1. The van der Waals surface area contributed by atoms with Crippen LogP contribution in [-0.2, 0) is 22.4 Å². The van der Waals surface area contributed by atoms with Crippen molar-refractivity contribution < 1.29 is 24.2 Å². The molecule has 7 nitrogen and oxygen atoms in total. The van der Waals surface area contributed by atoms with Gasteiger partial charge in [-0.15, -0.1) is 11.3 Å². The lowest BCUT2D eigenvalue weighted by molar-refractivity contribution is -0.147. The molecule has 0 bridgehead atoms. The van der Waals surface area contributed by atoms with Crippen molar-refractivity contribution in [2.75, 3.05) is 17.7 Å². The first-order chi connectivity index (χ1) is 15.0. The molecule has 1 saturated carbocycles. The Hall–Kier alpha value is -2.87. The van der Waals surface area contributed by atoms with Gasteiger partial charge in [-0.2, -0.15) is 0 Å². The molecule has 0 spiro atoms. The topological polar surface area (TPSA) is 105 Å². The van der Waals surface area contributed by atoms with Gasteiger partial charge in [0.15, 0.2) is 0 Å². The number of hydrogen-bond acceptors (Lipinski definition) is 5. The van der Waals surface area contributed by atoms with Gasteiger partial charge in [0.2, 0.25) is 5.91 Å². The van der Waals surface area contributed by atoms with Crippen LogP contribution in [-0.4, -0.2) is 30.0 Å². The Morgan fingerprint density at radius 2 is 1.77 bits per heavy atom. The standard InChI is InChI=1S/C23H26N2O5S/c1-30-17-11-5-4-10-16(17)24-21(27)19-15-9-6-12-18(15)31-22(19)25-20(26)13-7-2-3-8-14(13)23(28)29/h4-5,10-11,13-14H,2-3,6-9,12H2,1H3,(H,24,27)(H,25,26)(H,28,29). The molecule has 2 atom stereocenters. The maximum absolute atomic E-state index is 13.2. The minimum absolute atomic E-state index is 0.294. The van der Waals surface area contributed by atoms with Gasteiger partial charge in [0, 0.05) is 4.88 Å². The summed E-state index contributed by atoms with van der Waals surface area (Å²) in [6.07, 6.45) is 5.37. The Morgan fingerprint density at radius 3 is 2.52 bits per heavy atom. The Morgan fingerprint density at radius 1 is 1.03 bits per heavy atom. The van der Waals surface area contributed by atoms with E-state index in [0.717, 1.165) is 42.5 Å². The molecule has 0 saturated heterocycles. The molecule has 2 unspecified atom stereocenters. The molecule has 8 heteroatoms. The van der Waals surface area contributed by atoms with Gasteiger partial charge in [0.1, 0.15) is 10.8 Å². The molecule has 2 aliphatic rings. The summed E-state index contributed by atoms with van der Waals surface area (Å²) >= 11 is 1.43. The van der Waals surface area contributed by atoms with Gasteiger partial charge in [-0.25, -0.2) is 0 Å². The quantitative estimate of drug-likeness (QED) is 0.618. The monoisotopic (exact) mass is 442 g/mol. The fourth-order valence-corrected chi connectivity index (χ4v) is 5.90. The number of ether oxygens (including phenoxy) is 1. The normalized spacial score (nSPS) is 20.0. The molecule has 0 radical (unpaired) electrons. The van der Waals surface area contributed by atoms with Gasteiger partial charge >= 0.3 is 5.97 Å². The van der Waals surface area contributed by atoms with Crippen LogP contribution in [0, 0.1) is 11.8 Å². The van der Waals surface area contributed by atoms with E-state index < -0.39 is 17.8 Å². The molecule has 31 heavy (non-hydrogen) atoms. The van der Waals surface area contributed by atoms with Crippen LogP contribution in [0.2, 0.25) is 0 Å². The predicted octanol–water partition coefficient (Wildman–Crippen LogP) is 4.33. The fraction of sp³-hybridized carbons (Fsp3) is 0.435. The lowest BCUT2D eigenvalue weighted by Crippen LogP contribution is -2.36. The van der Waals surface area contributed by atoms with Crippen molar-refractivity contribution in [1.29, 1.82) is 0 Å². The lowest BCUT2D eigenvalue weighted by atomic mass is 9.79. The number of methoxy groups -OCH3 is 1. The summed E-state index contributed by atoms with van der Waals surface area (Å²) in [5, 5.41) is 15.9. The van der Waals surface area contributed by atoms with E-state index in [1.54, 1.807) is 19.2 Å². The first-order valence-electron chi connectivity index (χ1n) is 10.6. The van der Waals surface area contributed by atoms with Crippen LogP contribution in [0.15, 0.2) is 24.3 Å². The maximum atomic E-state index is 13.2. The number of carbonyl (C=O) groups excluding carboxylic acids is 2. The average Bonchev–Trinajstić information content (AvgIpc) is 3.34. The summed E-state index contributed by atoms with van der Waals surface area (Å²) in [5.74, 6) is -2.22. The second kappa shape index (κ2) is 9.09. The van der Waals surface area contributed by atoms with Crippen LogP contribution in [0.5, 0.6) is 5.75 Å². The van der Waals surface area contributed by atoms with E-state index in [1.165, 1.54) is 11.3 Å². The van der Waals surface area contributed by atoms with Crippen molar-refractivity contribution in [1.82, 2.24) is 0 Å². The number of benzene rings is 1. The van der Waals surface area contributed by atoms with E-state index in [9.17, 15) is 19.5 Å². The molecule has 1 aromatic heterocycles. The second-order valence-electron chi connectivity index (χ2n) is 8.04. The zero-order valence-electron chi connectivity index (χ0n) is 17.4. The first-order valence-corrected chi connectivity index (χ1v) is 11.4. The molecule has 164 valence electrons.